The molecule has 1 unspecified atom stereocenters. The summed E-state index contributed by atoms with van der Waals surface area (Å²) in [6.07, 6.45) is 1.27. The Morgan fingerprint density at radius 1 is 1.00 bits per heavy atom. The Bertz CT molecular complexity index is 1500. The predicted molar refractivity (Wildman–Crippen MR) is 148 cm³/mol. The molecule has 196 valence electrons. The van der Waals surface area contributed by atoms with E-state index in [2.05, 4.69) is 47.6 Å². The number of aromatic nitrogens is 1. The van der Waals surface area contributed by atoms with Gasteiger partial charge in [-0.1, -0.05) is 54.6 Å². The number of phenolic OH excluding ortho intramolecular Hbond substituents is 1. The summed E-state index contributed by atoms with van der Waals surface area (Å²) in [5.41, 5.74) is 5.39. The number of rotatable bonds is 8. The number of H-pyrrole nitrogens is 1. The number of amides is 1. The molecule has 2 heterocycles. The van der Waals surface area contributed by atoms with Gasteiger partial charge in [-0.15, -0.1) is 0 Å². The van der Waals surface area contributed by atoms with E-state index in [1.807, 2.05) is 23.1 Å². The molecule has 7 nitrogen and oxygen atoms in total. The van der Waals surface area contributed by atoms with Crippen molar-refractivity contribution in [1.82, 2.24) is 15.2 Å². The Labute approximate surface area is 221 Å². The van der Waals surface area contributed by atoms with E-state index in [0.717, 1.165) is 30.5 Å². The van der Waals surface area contributed by atoms with Crippen LogP contribution < -0.4 is 10.9 Å². The van der Waals surface area contributed by atoms with Crippen molar-refractivity contribution in [3.8, 4) is 5.75 Å². The number of hydrogen-bond donors (Lipinski definition) is 4. The van der Waals surface area contributed by atoms with E-state index in [9.17, 15) is 19.8 Å². The summed E-state index contributed by atoms with van der Waals surface area (Å²) in [6, 6.07) is 22.8. The lowest BCUT2D eigenvalue weighted by molar-refractivity contribution is -0.131. The zero-order chi connectivity index (χ0) is 26.6. The molecule has 2 atom stereocenters. The number of benzene rings is 3. The Hall–Kier alpha value is -3.94. The second kappa shape index (κ2) is 11.2. The summed E-state index contributed by atoms with van der Waals surface area (Å²) in [7, 11) is 0. The van der Waals surface area contributed by atoms with E-state index in [1.165, 1.54) is 23.3 Å². The van der Waals surface area contributed by atoms with E-state index in [1.54, 1.807) is 12.1 Å². The molecular weight excluding hydrogens is 478 g/mol. The summed E-state index contributed by atoms with van der Waals surface area (Å²) in [5.74, 6) is 0.128. The molecule has 4 aromatic rings. The van der Waals surface area contributed by atoms with Gasteiger partial charge >= 0.3 is 0 Å². The van der Waals surface area contributed by atoms with Crippen LogP contribution in [-0.4, -0.2) is 45.1 Å². The molecule has 7 heteroatoms. The van der Waals surface area contributed by atoms with Gasteiger partial charge < -0.3 is 25.4 Å². The van der Waals surface area contributed by atoms with E-state index >= 15 is 0 Å². The Morgan fingerprint density at radius 3 is 2.53 bits per heavy atom. The fourth-order valence-electron chi connectivity index (χ4n) is 5.19. The number of aromatic hydroxyl groups is 1. The van der Waals surface area contributed by atoms with Gasteiger partial charge in [-0.05, 0) is 59.7 Å². The predicted octanol–water partition coefficient (Wildman–Crippen LogP) is 3.62. The number of nitrogens with zero attached hydrogens (tertiary/aromatic N) is 1. The lowest BCUT2D eigenvalue weighted by Crippen LogP contribution is -2.36. The average molecular weight is 512 g/mol. The van der Waals surface area contributed by atoms with Crippen LogP contribution in [0.1, 0.15) is 40.8 Å². The largest absolute Gasteiger partial charge is 0.506 e. The summed E-state index contributed by atoms with van der Waals surface area (Å²) in [4.78, 5) is 29.1. The highest BCUT2D eigenvalue weighted by atomic mass is 16.3. The van der Waals surface area contributed by atoms with Crippen LogP contribution in [-0.2, 0) is 30.6 Å². The van der Waals surface area contributed by atoms with Gasteiger partial charge in [-0.2, -0.15) is 0 Å². The van der Waals surface area contributed by atoms with E-state index in [-0.39, 0.29) is 23.3 Å². The fourth-order valence-corrected chi connectivity index (χ4v) is 5.19. The van der Waals surface area contributed by atoms with E-state index in [0.29, 0.717) is 36.0 Å². The SMILES string of the molecule is C[C@H](Cc1ccc(CC(=O)N2CCc3ccccc3C2)cc1)NCC(O)c1ccc(O)c2[nH]c(=O)ccc12. The van der Waals surface area contributed by atoms with Crippen LogP contribution in [0, 0.1) is 0 Å². The minimum absolute atomic E-state index is 0.0265. The second-order valence-electron chi connectivity index (χ2n) is 10.1. The maximum Gasteiger partial charge on any atom is 0.248 e. The first kappa shape index (κ1) is 25.7. The van der Waals surface area contributed by atoms with Crippen LogP contribution in [0.5, 0.6) is 5.75 Å². The number of aliphatic hydroxyl groups is 1. The molecule has 1 amide bonds. The quantitative estimate of drug-likeness (QED) is 0.289. The maximum absolute atomic E-state index is 12.9. The summed E-state index contributed by atoms with van der Waals surface area (Å²) >= 11 is 0. The molecule has 3 aromatic carbocycles. The molecule has 38 heavy (non-hydrogen) atoms. The third kappa shape index (κ3) is 5.79. The van der Waals surface area contributed by atoms with Crippen molar-refractivity contribution in [2.75, 3.05) is 13.1 Å². The molecule has 4 N–H and O–H groups in total. The van der Waals surface area contributed by atoms with Crippen LogP contribution >= 0.6 is 0 Å². The first-order valence-electron chi connectivity index (χ1n) is 13.1. The van der Waals surface area contributed by atoms with Crippen LogP contribution in [0.3, 0.4) is 0 Å². The fraction of sp³-hybridized carbons (Fsp3) is 0.290. The van der Waals surface area contributed by atoms with Gasteiger partial charge in [0.15, 0.2) is 0 Å². The van der Waals surface area contributed by atoms with Gasteiger partial charge in [0, 0.05) is 37.1 Å². The lowest BCUT2D eigenvalue weighted by Gasteiger charge is -2.29. The summed E-state index contributed by atoms with van der Waals surface area (Å²) in [5, 5.41) is 24.9. The van der Waals surface area contributed by atoms with Gasteiger partial charge in [0.1, 0.15) is 5.75 Å². The number of fused-ring (bicyclic) bond motifs is 2. The molecule has 1 aliphatic heterocycles. The normalized spacial score (nSPS) is 14.7. The molecule has 0 bridgehead atoms. The molecule has 0 aliphatic carbocycles. The van der Waals surface area contributed by atoms with Gasteiger partial charge in [-0.25, -0.2) is 0 Å². The molecule has 0 radical (unpaired) electrons. The Morgan fingerprint density at radius 2 is 1.74 bits per heavy atom. The number of pyridine rings is 1. The van der Waals surface area contributed by atoms with Crippen molar-refractivity contribution in [1.29, 1.82) is 0 Å². The van der Waals surface area contributed by atoms with Gasteiger partial charge in [-0.3, -0.25) is 9.59 Å². The van der Waals surface area contributed by atoms with Crippen molar-refractivity contribution in [2.45, 2.75) is 44.9 Å². The zero-order valence-electron chi connectivity index (χ0n) is 21.5. The van der Waals surface area contributed by atoms with Crippen LogP contribution in [0.2, 0.25) is 0 Å². The van der Waals surface area contributed by atoms with Crippen molar-refractivity contribution in [3.63, 3.8) is 0 Å². The topological polar surface area (TPSA) is 106 Å². The number of nitrogens with one attached hydrogen (secondary N) is 2. The number of carbonyl (C=O) groups is 1. The van der Waals surface area contributed by atoms with Gasteiger partial charge in [0.05, 0.1) is 18.0 Å². The van der Waals surface area contributed by atoms with Gasteiger partial charge in [0.25, 0.3) is 0 Å². The van der Waals surface area contributed by atoms with Crippen LogP contribution in [0.15, 0.2) is 77.6 Å². The number of hydrogen-bond acceptors (Lipinski definition) is 5. The molecule has 0 fully saturated rings. The second-order valence-corrected chi connectivity index (χ2v) is 10.1. The number of aromatic amines is 1. The summed E-state index contributed by atoms with van der Waals surface area (Å²) < 4.78 is 0. The number of carbonyl (C=O) groups excluding carboxylic acids is 1. The molecule has 0 saturated heterocycles. The highest BCUT2D eigenvalue weighted by Gasteiger charge is 2.20. The third-order valence-electron chi connectivity index (χ3n) is 7.33. The van der Waals surface area contributed by atoms with E-state index < -0.39 is 6.10 Å². The molecule has 1 aliphatic rings. The molecule has 5 rings (SSSR count). The Kier molecular flexibility index (Phi) is 7.58. The lowest BCUT2D eigenvalue weighted by atomic mass is 9.99. The van der Waals surface area contributed by atoms with Crippen molar-refractivity contribution < 1.29 is 15.0 Å². The standard InChI is InChI=1S/C31H33N3O4/c1-20(32-18-28(36)25-10-12-27(35)31-26(25)11-13-29(37)33-31)16-21-6-8-22(9-7-21)17-30(38)34-15-14-23-4-2-3-5-24(23)19-34/h2-13,20,28,32,35-36H,14-19H2,1H3,(H,33,37)/t20-,28?/m1/s1. The molecule has 1 aromatic heterocycles. The van der Waals surface area contributed by atoms with Crippen LogP contribution in [0.25, 0.3) is 10.9 Å². The minimum atomic E-state index is -0.804. The molecule has 0 spiro atoms. The monoisotopic (exact) mass is 511 g/mol. The average Bonchev–Trinajstić information content (AvgIpc) is 2.93. The van der Waals surface area contributed by atoms with Crippen LogP contribution in [0.4, 0.5) is 0 Å². The van der Waals surface area contributed by atoms with Crippen molar-refractivity contribution in [2.24, 2.45) is 0 Å². The molecule has 0 saturated carbocycles. The van der Waals surface area contributed by atoms with E-state index in [4.69, 9.17) is 0 Å². The minimum Gasteiger partial charge on any atom is -0.506 e. The smallest absolute Gasteiger partial charge is 0.248 e. The van der Waals surface area contributed by atoms with Crippen molar-refractivity contribution in [3.05, 3.63) is 111 Å². The molecular formula is C31H33N3O4. The number of phenols is 1. The Balaban J connectivity index is 1.13. The highest BCUT2D eigenvalue weighted by Crippen LogP contribution is 2.28. The highest BCUT2D eigenvalue weighted by molar-refractivity contribution is 5.87. The zero-order valence-corrected chi connectivity index (χ0v) is 21.5. The first-order valence-corrected chi connectivity index (χ1v) is 13.1. The first-order chi connectivity index (χ1) is 18.4. The van der Waals surface area contributed by atoms with Gasteiger partial charge in [0.2, 0.25) is 11.5 Å². The maximum atomic E-state index is 12.9. The van der Waals surface area contributed by atoms with Crippen molar-refractivity contribution >= 4 is 16.8 Å². The number of aliphatic hydroxyl groups excluding tert-OH is 1. The summed E-state index contributed by atoms with van der Waals surface area (Å²) in [6.45, 7) is 3.83. The third-order valence-corrected chi connectivity index (χ3v) is 7.33.